The molecule has 3 heteroatoms. The molecule has 6 fully saturated rings. The van der Waals surface area contributed by atoms with Crippen LogP contribution in [0.15, 0.2) is 11.6 Å². The van der Waals surface area contributed by atoms with E-state index in [1.807, 2.05) is 0 Å². The van der Waals surface area contributed by atoms with Crippen molar-refractivity contribution in [3.8, 4) is 0 Å². The van der Waals surface area contributed by atoms with Gasteiger partial charge in [-0.05, 0) is 85.5 Å². The lowest BCUT2D eigenvalue weighted by Crippen LogP contribution is -2.57. The maximum absolute atomic E-state index is 12.5. The zero-order chi connectivity index (χ0) is 19.2. The van der Waals surface area contributed by atoms with E-state index in [-0.39, 0.29) is 28.3 Å². The third-order valence-electron chi connectivity index (χ3n) is 11.2. The van der Waals surface area contributed by atoms with Gasteiger partial charge in [-0.2, -0.15) is 0 Å². The summed E-state index contributed by atoms with van der Waals surface area (Å²) in [7, 11) is 0. The largest absolute Gasteiger partial charge is 0.458 e. The summed E-state index contributed by atoms with van der Waals surface area (Å²) in [4.78, 5) is 24.7. The van der Waals surface area contributed by atoms with E-state index >= 15 is 0 Å². The molecule has 1 heterocycles. The molecule has 5 saturated carbocycles. The van der Waals surface area contributed by atoms with E-state index < -0.39 is 0 Å². The van der Waals surface area contributed by atoms with Crippen LogP contribution in [0.2, 0.25) is 0 Å². The first kappa shape index (κ1) is 16.7. The van der Waals surface area contributed by atoms with Crippen LogP contribution in [0, 0.1) is 58.2 Å². The van der Waals surface area contributed by atoms with Gasteiger partial charge in [0.25, 0.3) is 0 Å². The molecule has 0 aromatic carbocycles. The van der Waals surface area contributed by atoms with E-state index in [4.69, 9.17) is 4.74 Å². The normalized spacial score (nSPS) is 62.9. The monoisotopic (exact) mass is 380 g/mol. The Kier molecular flexibility index (Phi) is 2.75. The van der Waals surface area contributed by atoms with Crippen LogP contribution in [0.3, 0.4) is 0 Å². The highest BCUT2D eigenvalue weighted by Gasteiger charge is 2.81. The molecule has 0 amide bonds. The molecule has 28 heavy (non-hydrogen) atoms. The minimum atomic E-state index is -0.137. The first-order chi connectivity index (χ1) is 13.3. The van der Waals surface area contributed by atoms with Gasteiger partial charge in [0.15, 0.2) is 5.78 Å². The van der Waals surface area contributed by atoms with Gasteiger partial charge in [0.05, 0.1) is 0 Å². The second-order valence-corrected chi connectivity index (χ2v) is 12.1. The number of carbonyl (C=O) groups is 2. The SMILES string of the molecule is C[C@H]1CC2(C)C(=CC1=O)C1CC1C1C2CCC2(C)C1C1CC1[C@@]21CCC(=O)O1. The van der Waals surface area contributed by atoms with Crippen LogP contribution in [0.25, 0.3) is 0 Å². The van der Waals surface area contributed by atoms with Crippen molar-refractivity contribution in [1.82, 2.24) is 0 Å². The van der Waals surface area contributed by atoms with Gasteiger partial charge in [-0.15, -0.1) is 0 Å². The number of allylic oxidation sites excluding steroid dienone is 1. The van der Waals surface area contributed by atoms with Crippen molar-refractivity contribution in [3.05, 3.63) is 11.6 Å². The van der Waals surface area contributed by atoms with E-state index in [1.54, 1.807) is 0 Å². The van der Waals surface area contributed by atoms with E-state index in [1.165, 1.54) is 31.3 Å². The summed E-state index contributed by atoms with van der Waals surface area (Å²) in [5.74, 6) is 5.76. The first-order valence-corrected chi connectivity index (χ1v) is 11.8. The van der Waals surface area contributed by atoms with Crippen LogP contribution in [0.4, 0.5) is 0 Å². The molecule has 0 bridgehead atoms. The van der Waals surface area contributed by atoms with Crippen LogP contribution >= 0.6 is 0 Å². The molecule has 0 aromatic rings. The molecule has 7 aliphatic rings. The molecule has 0 radical (unpaired) electrons. The van der Waals surface area contributed by atoms with E-state index in [0.29, 0.717) is 24.0 Å². The van der Waals surface area contributed by atoms with Crippen molar-refractivity contribution in [3.63, 3.8) is 0 Å². The topological polar surface area (TPSA) is 43.4 Å². The van der Waals surface area contributed by atoms with Crippen LogP contribution in [0.1, 0.15) is 65.7 Å². The summed E-state index contributed by atoms with van der Waals surface area (Å²) in [5, 5.41) is 0. The summed E-state index contributed by atoms with van der Waals surface area (Å²) < 4.78 is 6.23. The Morgan fingerprint density at radius 2 is 1.89 bits per heavy atom. The van der Waals surface area contributed by atoms with Crippen LogP contribution < -0.4 is 0 Å². The molecule has 11 atom stereocenters. The molecule has 3 nitrogen and oxygen atoms in total. The van der Waals surface area contributed by atoms with Gasteiger partial charge < -0.3 is 4.74 Å². The van der Waals surface area contributed by atoms with Crippen molar-refractivity contribution in [1.29, 1.82) is 0 Å². The fourth-order valence-electron chi connectivity index (χ4n) is 10.1. The highest BCUT2D eigenvalue weighted by atomic mass is 16.6. The van der Waals surface area contributed by atoms with Gasteiger partial charge in [0, 0.05) is 23.7 Å². The summed E-state index contributed by atoms with van der Waals surface area (Å²) in [6.45, 7) is 7.14. The Morgan fingerprint density at radius 1 is 1.07 bits per heavy atom. The number of ketones is 1. The zero-order valence-electron chi connectivity index (χ0n) is 17.4. The van der Waals surface area contributed by atoms with Gasteiger partial charge in [-0.1, -0.05) is 26.3 Å². The van der Waals surface area contributed by atoms with E-state index in [9.17, 15) is 9.59 Å². The Morgan fingerprint density at radius 3 is 2.64 bits per heavy atom. The van der Waals surface area contributed by atoms with Crippen molar-refractivity contribution in [2.24, 2.45) is 58.2 Å². The van der Waals surface area contributed by atoms with Crippen molar-refractivity contribution >= 4 is 11.8 Å². The van der Waals surface area contributed by atoms with Crippen molar-refractivity contribution < 1.29 is 14.3 Å². The first-order valence-electron chi connectivity index (χ1n) is 11.8. The quantitative estimate of drug-likeness (QED) is 0.579. The number of ether oxygens (including phenoxy) is 1. The zero-order valence-corrected chi connectivity index (χ0v) is 17.4. The van der Waals surface area contributed by atoms with E-state index in [0.717, 1.165) is 42.4 Å². The Balaban J connectivity index is 1.33. The number of esters is 1. The van der Waals surface area contributed by atoms with Crippen LogP contribution in [0.5, 0.6) is 0 Å². The molecule has 6 aliphatic carbocycles. The molecule has 1 saturated heterocycles. The summed E-state index contributed by atoms with van der Waals surface area (Å²) in [5.41, 5.74) is 1.80. The molecule has 0 N–H and O–H groups in total. The maximum Gasteiger partial charge on any atom is 0.306 e. The third-order valence-corrected chi connectivity index (χ3v) is 11.2. The number of carbonyl (C=O) groups excluding carboxylic acids is 2. The fourth-order valence-corrected chi connectivity index (χ4v) is 10.1. The van der Waals surface area contributed by atoms with Crippen molar-refractivity contribution in [2.75, 3.05) is 0 Å². The summed E-state index contributed by atoms with van der Waals surface area (Å²) >= 11 is 0. The van der Waals surface area contributed by atoms with Gasteiger partial charge in [-0.3, -0.25) is 9.59 Å². The van der Waals surface area contributed by atoms with Crippen molar-refractivity contribution in [2.45, 2.75) is 71.3 Å². The average molecular weight is 381 g/mol. The van der Waals surface area contributed by atoms with Crippen LogP contribution in [-0.2, 0) is 14.3 Å². The lowest BCUT2D eigenvalue weighted by Gasteiger charge is -2.60. The molecule has 1 aliphatic heterocycles. The minimum Gasteiger partial charge on any atom is -0.458 e. The maximum atomic E-state index is 12.5. The Bertz CT molecular complexity index is 858. The van der Waals surface area contributed by atoms with Gasteiger partial charge in [0.2, 0.25) is 0 Å². The Hall–Kier alpha value is -1.12. The molecule has 9 unspecified atom stereocenters. The lowest BCUT2D eigenvalue weighted by atomic mass is 9.44. The lowest BCUT2D eigenvalue weighted by molar-refractivity contribution is -0.177. The number of rotatable bonds is 0. The molecule has 150 valence electrons. The number of hydrogen-bond donors (Lipinski definition) is 0. The van der Waals surface area contributed by atoms with Gasteiger partial charge in [-0.25, -0.2) is 0 Å². The van der Waals surface area contributed by atoms with Gasteiger partial charge in [0.1, 0.15) is 5.60 Å². The second kappa shape index (κ2) is 4.62. The molecule has 0 aromatic heterocycles. The summed E-state index contributed by atoms with van der Waals surface area (Å²) in [6, 6.07) is 0. The fraction of sp³-hybridized carbons (Fsp3) is 0.840. The smallest absolute Gasteiger partial charge is 0.306 e. The van der Waals surface area contributed by atoms with E-state index in [2.05, 4.69) is 26.8 Å². The minimum absolute atomic E-state index is 0.0550. The third kappa shape index (κ3) is 1.61. The average Bonchev–Trinajstić information content (AvgIpc) is 3.54. The predicted octanol–water partition coefficient (Wildman–Crippen LogP) is 4.55. The highest BCUT2D eigenvalue weighted by molar-refractivity contribution is 5.93. The van der Waals surface area contributed by atoms with Gasteiger partial charge >= 0.3 is 5.97 Å². The summed E-state index contributed by atoms with van der Waals surface area (Å²) in [6.07, 6.45) is 9.81. The number of hydrogen-bond acceptors (Lipinski definition) is 3. The molecule has 7 rings (SSSR count). The second-order valence-electron chi connectivity index (χ2n) is 12.1. The molecule has 1 spiro atoms. The number of fused-ring (bicyclic) bond motifs is 12. The standard InChI is InChI=1S/C25H32O3/c1-12-11-23(2)16-4-6-24(3)22(15-9-18(15)25(24)7-5-20(27)28-25)21(16)14-8-13(14)17(23)10-19(12)26/h10,12-16,18,21-22H,4-9,11H2,1-3H3/t12-,13?,14?,15?,16?,18?,21?,22?,23?,24?,25-/m0/s1. The molecular weight excluding hydrogens is 348 g/mol. The highest BCUT2D eigenvalue weighted by Crippen LogP contribution is 2.82. The molecular formula is C25H32O3. The van der Waals surface area contributed by atoms with Crippen LogP contribution in [-0.4, -0.2) is 17.4 Å². The Labute approximate surface area is 167 Å². The predicted molar refractivity (Wildman–Crippen MR) is 104 cm³/mol.